The summed E-state index contributed by atoms with van der Waals surface area (Å²) in [6.45, 7) is 2.38. The minimum Gasteiger partial charge on any atom is -0.491 e. The second-order valence-electron chi connectivity index (χ2n) is 6.28. The third kappa shape index (κ3) is 2.95. The first kappa shape index (κ1) is 17.5. The van der Waals surface area contributed by atoms with Gasteiger partial charge in [0.15, 0.2) is 5.65 Å². The molecule has 2 bridgehead atoms. The van der Waals surface area contributed by atoms with Gasteiger partial charge in [0.05, 0.1) is 23.8 Å². The van der Waals surface area contributed by atoms with Crippen LogP contribution in [0.3, 0.4) is 0 Å². The van der Waals surface area contributed by atoms with Gasteiger partial charge in [0.25, 0.3) is 5.91 Å². The second-order valence-corrected chi connectivity index (χ2v) is 6.65. The zero-order chi connectivity index (χ0) is 19.1. The Hall–Kier alpha value is -2.87. The lowest BCUT2D eigenvalue weighted by Crippen LogP contribution is -2.28. The molecule has 3 aromatic rings. The average Bonchev–Trinajstić information content (AvgIpc) is 3.09. The molecule has 27 heavy (non-hydrogen) atoms. The summed E-state index contributed by atoms with van der Waals surface area (Å²) in [4.78, 5) is 18.9. The molecule has 4 rings (SSSR count). The molecule has 7 nitrogen and oxygen atoms in total. The van der Waals surface area contributed by atoms with Crippen molar-refractivity contribution in [2.45, 2.75) is 13.0 Å². The molecule has 1 aromatic carbocycles. The molecule has 1 aliphatic rings. The Morgan fingerprint density at radius 1 is 1.37 bits per heavy atom. The smallest absolute Gasteiger partial charge is 0.256 e. The van der Waals surface area contributed by atoms with Crippen LogP contribution in [0.5, 0.6) is 5.75 Å². The highest BCUT2D eigenvalue weighted by Gasteiger charge is 2.24. The molecule has 140 valence electrons. The molecule has 0 radical (unpaired) electrons. The summed E-state index contributed by atoms with van der Waals surface area (Å²) in [5.41, 5.74) is 1.34. The van der Waals surface area contributed by atoms with Crippen molar-refractivity contribution in [3.8, 4) is 5.75 Å². The topological polar surface area (TPSA) is 71.8 Å². The molecule has 0 aliphatic carbocycles. The van der Waals surface area contributed by atoms with Crippen LogP contribution in [0, 0.1) is 5.82 Å². The fraction of sp³-hybridized carbons (Fsp3) is 0.278. The van der Waals surface area contributed by atoms with Gasteiger partial charge >= 0.3 is 0 Å². The lowest BCUT2D eigenvalue weighted by atomic mass is 10.1. The first-order valence-corrected chi connectivity index (χ1v) is 8.81. The van der Waals surface area contributed by atoms with E-state index < -0.39 is 5.82 Å². The molecule has 9 heteroatoms. The van der Waals surface area contributed by atoms with E-state index >= 15 is 0 Å². The Kier molecular flexibility index (Phi) is 4.35. The number of halogens is 2. The zero-order valence-corrected chi connectivity index (χ0v) is 15.5. The van der Waals surface area contributed by atoms with Crippen LogP contribution in [0.4, 0.5) is 10.2 Å². The Bertz CT molecular complexity index is 1040. The van der Waals surface area contributed by atoms with Gasteiger partial charge in [-0.25, -0.2) is 13.9 Å². The number of fused-ring (bicyclic) bond motifs is 2. The lowest BCUT2D eigenvalue weighted by molar-refractivity contribution is 0.0948. The molecule has 1 amide bonds. The molecule has 2 aromatic heterocycles. The monoisotopic (exact) mass is 389 g/mol. The molecule has 1 unspecified atom stereocenters. The van der Waals surface area contributed by atoms with Gasteiger partial charge in [-0.2, -0.15) is 5.10 Å². The Morgan fingerprint density at radius 2 is 2.19 bits per heavy atom. The van der Waals surface area contributed by atoms with Crippen LogP contribution in [0.2, 0.25) is 5.02 Å². The Morgan fingerprint density at radius 3 is 3.00 bits per heavy atom. The minimum absolute atomic E-state index is 0.0110. The van der Waals surface area contributed by atoms with Crippen LogP contribution in [0.25, 0.3) is 5.65 Å². The SMILES string of the molecule is CC1c2c(ccc(F)c2Cl)OCCNC(=O)c2cnn3ccc(nc23)N1C. The standard InChI is InChI=1S/C18H17ClFN5O2/c1-10-15-13(4-3-12(20)16(15)19)27-8-6-21-18(26)11-9-22-25-7-5-14(24(10)2)23-17(11)25/h3-5,7,9-10H,6,8H2,1-2H3,(H,21,26). The number of nitrogens with zero attached hydrogens (tertiary/aromatic N) is 4. The third-order valence-electron chi connectivity index (χ3n) is 4.70. The summed E-state index contributed by atoms with van der Waals surface area (Å²) in [5, 5.41) is 6.95. The summed E-state index contributed by atoms with van der Waals surface area (Å²) >= 11 is 6.26. The maximum absolute atomic E-state index is 14.1. The van der Waals surface area contributed by atoms with E-state index in [1.54, 1.807) is 18.3 Å². The highest BCUT2D eigenvalue weighted by molar-refractivity contribution is 6.31. The fourth-order valence-electron chi connectivity index (χ4n) is 3.09. The molecule has 0 fully saturated rings. The van der Waals surface area contributed by atoms with Crippen molar-refractivity contribution in [2.75, 3.05) is 25.1 Å². The molecule has 1 N–H and O–H groups in total. The number of ether oxygens (including phenoxy) is 1. The van der Waals surface area contributed by atoms with Crippen molar-refractivity contribution in [3.05, 3.63) is 52.6 Å². The highest BCUT2D eigenvalue weighted by atomic mass is 35.5. The maximum atomic E-state index is 14.1. The summed E-state index contributed by atoms with van der Waals surface area (Å²) in [5.74, 6) is 0.261. The van der Waals surface area contributed by atoms with Gasteiger partial charge in [-0.3, -0.25) is 4.79 Å². The summed E-state index contributed by atoms with van der Waals surface area (Å²) < 4.78 is 21.4. The molecular weight excluding hydrogens is 373 g/mol. The van der Waals surface area contributed by atoms with Crippen LogP contribution >= 0.6 is 11.6 Å². The van der Waals surface area contributed by atoms with Crippen LogP contribution in [0.1, 0.15) is 28.9 Å². The molecule has 1 atom stereocenters. The van der Waals surface area contributed by atoms with Gasteiger partial charge in [-0.15, -0.1) is 0 Å². The molecule has 0 saturated carbocycles. The van der Waals surface area contributed by atoms with E-state index in [-0.39, 0.29) is 30.1 Å². The van der Waals surface area contributed by atoms with E-state index in [2.05, 4.69) is 15.4 Å². The number of amides is 1. The normalized spacial score (nSPS) is 17.6. The number of rotatable bonds is 0. The number of carbonyl (C=O) groups excluding carboxylic acids is 1. The van der Waals surface area contributed by atoms with Gasteiger partial charge < -0.3 is 15.0 Å². The number of hydrogen-bond donors (Lipinski definition) is 1. The maximum Gasteiger partial charge on any atom is 0.256 e. The highest BCUT2D eigenvalue weighted by Crippen LogP contribution is 2.38. The first-order chi connectivity index (χ1) is 13.0. The lowest BCUT2D eigenvalue weighted by Gasteiger charge is -2.28. The quantitative estimate of drug-likeness (QED) is 0.640. The van der Waals surface area contributed by atoms with Gasteiger partial charge in [-0.05, 0) is 25.1 Å². The Labute approximate surface area is 159 Å². The predicted octanol–water partition coefficient (Wildman–Crippen LogP) is 2.84. The molecule has 1 aliphatic heterocycles. The van der Waals surface area contributed by atoms with Crippen LogP contribution < -0.4 is 15.0 Å². The Balaban J connectivity index is 1.88. The zero-order valence-electron chi connectivity index (χ0n) is 14.7. The van der Waals surface area contributed by atoms with E-state index in [9.17, 15) is 9.18 Å². The number of aromatic nitrogens is 3. The van der Waals surface area contributed by atoms with E-state index in [4.69, 9.17) is 16.3 Å². The van der Waals surface area contributed by atoms with Crippen molar-refractivity contribution in [2.24, 2.45) is 0 Å². The van der Waals surface area contributed by atoms with Crippen LogP contribution in [-0.4, -0.2) is 40.7 Å². The van der Waals surface area contributed by atoms with Crippen molar-refractivity contribution < 1.29 is 13.9 Å². The third-order valence-corrected chi connectivity index (χ3v) is 5.08. The van der Waals surface area contributed by atoms with Crippen molar-refractivity contribution >= 4 is 29.0 Å². The first-order valence-electron chi connectivity index (χ1n) is 8.43. The number of benzene rings is 1. The van der Waals surface area contributed by atoms with E-state index in [1.807, 2.05) is 18.9 Å². The molecule has 3 heterocycles. The summed E-state index contributed by atoms with van der Waals surface area (Å²) in [6, 6.07) is 4.26. The fourth-order valence-corrected chi connectivity index (χ4v) is 3.41. The van der Waals surface area contributed by atoms with Gasteiger partial charge in [-0.1, -0.05) is 11.6 Å². The minimum atomic E-state index is -0.515. The van der Waals surface area contributed by atoms with Crippen molar-refractivity contribution in [3.63, 3.8) is 0 Å². The number of carbonyl (C=O) groups is 1. The van der Waals surface area contributed by atoms with Crippen molar-refractivity contribution in [1.29, 1.82) is 0 Å². The predicted molar refractivity (Wildman–Crippen MR) is 99.0 cm³/mol. The van der Waals surface area contributed by atoms with Gasteiger partial charge in [0.1, 0.15) is 29.6 Å². The summed E-state index contributed by atoms with van der Waals surface area (Å²) in [6.07, 6.45) is 3.20. The van der Waals surface area contributed by atoms with Crippen LogP contribution in [0.15, 0.2) is 30.6 Å². The average molecular weight is 390 g/mol. The van der Waals surface area contributed by atoms with Crippen molar-refractivity contribution in [1.82, 2.24) is 19.9 Å². The van der Waals surface area contributed by atoms with E-state index in [1.165, 1.54) is 16.8 Å². The number of hydrogen-bond acceptors (Lipinski definition) is 5. The van der Waals surface area contributed by atoms with Gasteiger partial charge in [0, 0.05) is 18.8 Å². The number of anilines is 1. The van der Waals surface area contributed by atoms with E-state index in [0.717, 1.165) is 0 Å². The van der Waals surface area contributed by atoms with Crippen LogP contribution in [-0.2, 0) is 0 Å². The number of nitrogens with one attached hydrogen (secondary N) is 1. The van der Waals surface area contributed by atoms with Gasteiger partial charge in [0.2, 0.25) is 0 Å². The second kappa shape index (κ2) is 6.70. The molecule has 0 spiro atoms. The molecule has 0 saturated heterocycles. The molecular formula is C18H17ClFN5O2. The largest absolute Gasteiger partial charge is 0.491 e. The van der Waals surface area contributed by atoms with E-state index in [0.29, 0.717) is 28.3 Å². The summed E-state index contributed by atoms with van der Waals surface area (Å²) in [7, 11) is 1.82.